The van der Waals surface area contributed by atoms with E-state index in [1.807, 2.05) is 6.07 Å². The van der Waals surface area contributed by atoms with Crippen LogP contribution in [0.15, 0.2) is 12.3 Å². The van der Waals surface area contributed by atoms with E-state index in [-0.39, 0.29) is 46.5 Å². The van der Waals surface area contributed by atoms with Gasteiger partial charge in [0.15, 0.2) is 5.82 Å². The second kappa shape index (κ2) is 8.63. The van der Waals surface area contributed by atoms with E-state index in [9.17, 15) is 14.9 Å². The number of aromatic nitrogens is 1. The van der Waals surface area contributed by atoms with E-state index in [1.165, 1.54) is 0 Å². The van der Waals surface area contributed by atoms with E-state index in [0.717, 1.165) is 17.3 Å². The maximum absolute atomic E-state index is 12.4. The number of carbonyl (C=O) groups is 2. The van der Waals surface area contributed by atoms with Gasteiger partial charge in [0.05, 0.1) is 16.7 Å². The number of amides is 1. The molecule has 8 nitrogen and oxygen atoms in total. The van der Waals surface area contributed by atoms with E-state index in [1.54, 1.807) is 41.5 Å². The van der Waals surface area contributed by atoms with Gasteiger partial charge in [-0.25, -0.2) is 14.6 Å². The van der Waals surface area contributed by atoms with Crippen LogP contribution in [0, 0.1) is 11.3 Å². The van der Waals surface area contributed by atoms with Gasteiger partial charge in [-0.3, -0.25) is 4.84 Å². The van der Waals surface area contributed by atoms with E-state index in [4.69, 9.17) is 14.7 Å². The Kier molecular flexibility index (Phi) is 8.05. The zero-order valence-electron chi connectivity index (χ0n) is 14.6. The van der Waals surface area contributed by atoms with Crippen molar-refractivity contribution in [1.82, 2.24) is 4.98 Å². The van der Waals surface area contributed by atoms with Crippen molar-refractivity contribution in [3.63, 3.8) is 0 Å². The summed E-state index contributed by atoms with van der Waals surface area (Å²) < 4.78 is 5.27. The third-order valence-electron chi connectivity index (χ3n) is 2.35. The molecule has 0 spiro atoms. The number of carboxylic acid groups (broad SMARTS) is 1. The molecule has 0 saturated heterocycles. The Bertz CT molecular complexity index is 686. The molecular weight excluding hydrogens is 337 g/mol. The number of hydrogen-bond donors (Lipinski definition) is 1. The first-order chi connectivity index (χ1) is 10.8. The van der Waals surface area contributed by atoms with Gasteiger partial charge in [0.2, 0.25) is 0 Å². The van der Waals surface area contributed by atoms with Crippen LogP contribution in [0.2, 0.25) is 0 Å². The Hall–Kier alpha value is -1.66. The van der Waals surface area contributed by atoms with Crippen molar-refractivity contribution >= 4 is 47.4 Å². The van der Waals surface area contributed by atoms with Crippen LogP contribution >= 0.6 is 0 Å². The number of ether oxygens (including phenoxy) is 1. The Labute approximate surface area is 169 Å². The van der Waals surface area contributed by atoms with E-state index in [0.29, 0.717) is 0 Å². The standard InChI is InChI=1S/C16H21N3O5.Na.H/c1-15(2,3)23-14(22)19(24-16(4,5)6)12-10(8-17)7-11(9-18-12)13(20)21;;/h7,9H,1-6H3,(H,20,21);;. The number of hydrogen-bond acceptors (Lipinski definition) is 6. The number of pyridine rings is 1. The van der Waals surface area contributed by atoms with E-state index < -0.39 is 23.3 Å². The van der Waals surface area contributed by atoms with Crippen molar-refractivity contribution < 1.29 is 24.3 Å². The number of carboxylic acids is 1. The van der Waals surface area contributed by atoms with E-state index in [2.05, 4.69) is 4.98 Å². The molecular formula is C16H22N3NaO5. The zero-order valence-corrected chi connectivity index (χ0v) is 14.6. The van der Waals surface area contributed by atoms with Gasteiger partial charge in [-0.2, -0.15) is 5.26 Å². The molecule has 0 radical (unpaired) electrons. The van der Waals surface area contributed by atoms with Crippen LogP contribution in [0.4, 0.5) is 10.6 Å². The number of nitrogens with zero attached hydrogens (tertiary/aromatic N) is 3. The molecule has 25 heavy (non-hydrogen) atoms. The minimum atomic E-state index is -1.23. The number of anilines is 1. The normalized spacial score (nSPS) is 11.1. The van der Waals surface area contributed by atoms with Gasteiger partial charge in [0, 0.05) is 6.20 Å². The first kappa shape index (κ1) is 23.3. The van der Waals surface area contributed by atoms with Gasteiger partial charge < -0.3 is 9.84 Å². The molecule has 0 bridgehead atoms. The quantitative estimate of drug-likeness (QED) is 0.651. The zero-order chi connectivity index (χ0) is 18.7. The summed E-state index contributed by atoms with van der Waals surface area (Å²) in [7, 11) is 0. The first-order valence-corrected chi connectivity index (χ1v) is 7.20. The Morgan fingerprint density at radius 2 is 1.76 bits per heavy atom. The summed E-state index contributed by atoms with van der Waals surface area (Å²) in [6.07, 6.45) is 0.187. The number of carbonyl (C=O) groups excluding carboxylic acids is 1. The summed E-state index contributed by atoms with van der Waals surface area (Å²) in [5, 5.41) is 19.0. The predicted molar refractivity (Wildman–Crippen MR) is 92.6 cm³/mol. The Morgan fingerprint density at radius 1 is 1.20 bits per heavy atom. The summed E-state index contributed by atoms with van der Waals surface area (Å²) >= 11 is 0. The fourth-order valence-corrected chi connectivity index (χ4v) is 1.56. The summed E-state index contributed by atoms with van der Waals surface area (Å²) in [5.41, 5.74) is -1.86. The average Bonchev–Trinajstić information content (AvgIpc) is 2.41. The number of nitriles is 1. The molecule has 0 aliphatic heterocycles. The van der Waals surface area contributed by atoms with Gasteiger partial charge in [0.25, 0.3) is 0 Å². The van der Waals surface area contributed by atoms with Crippen molar-refractivity contribution in [3.05, 3.63) is 23.4 Å². The fourth-order valence-electron chi connectivity index (χ4n) is 1.56. The van der Waals surface area contributed by atoms with Crippen LogP contribution in [-0.2, 0) is 9.57 Å². The second-order valence-corrected chi connectivity index (χ2v) is 6.99. The third-order valence-corrected chi connectivity index (χ3v) is 2.35. The average molecular weight is 359 g/mol. The van der Waals surface area contributed by atoms with Gasteiger partial charge in [0.1, 0.15) is 11.7 Å². The summed E-state index contributed by atoms with van der Waals surface area (Å²) in [4.78, 5) is 32.9. The van der Waals surface area contributed by atoms with Crippen molar-refractivity contribution in [1.29, 1.82) is 5.26 Å². The molecule has 0 aromatic carbocycles. The number of rotatable bonds is 3. The van der Waals surface area contributed by atoms with Crippen LogP contribution in [0.3, 0.4) is 0 Å². The predicted octanol–water partition coefficient (Wildman–Crippen LogP) is 2.47. The molecule has 132 valence electrons. The molecule has 0 fully saturated rings. The molecule has 0 unspecified atom stereocenters. The minimum absolute atomic E-state index is 0. The van der Waals surface area contributed by atoms with Gasteiger partial charge >= 0.3 is 41.6 Å². The van der Waals surface area contributed by atoms with Gasteiger partial charge in [-0.1, -0.05) is 0 Å². The topological polar surface area (TPSA) is 113 Å². The summed E-state index contributed by atoms with van der Waals surface area (Å²) in [5.74, 6) is -1.36. The molecule has 1 amide bonds. The Morgan fingerprint density at radius 3 is 2.16 bits per heavy atom. The third kappa shape index (κ3) is 7.40. The molecule has 1 rings (SSSR count). The second-order valence-electron chi connectivity index (χ2n) is 6.99. The number of hydroxylamine groups is 1. The monoisotopic (exact) mass is 359 g/mol. The van der Waals surface area contributed by atoms with Crippen LogP contribution in [-0.4, -0.2) is 62.9 Å². The summed E-state index contributed by atoms with van der Waals surface area (Å²) in [6.45, 7) is 10.2. The molecule has 1 aromatic rings. The van der Waals surface area contributed by atoms with Crippen molar-refractivity contribution in [2.45, 2.75) is 52.7 Å². The molecule has 0 aliphatic carbocycles. The first-order valence-electron chi connectivity index (χ1n) is 7.20. The Balaban J connectivity index is 0.00000576. The van der Waals surface area contributed by atoms with Crippen LogP contribution in [0.5, 0.6) is 0 Å². The van der Waals surface area contributed by atoms with E-state index >= 15 is 0 Å². The fraction of sp³-hybridized carbons (Fsp3) is 0.500. The van der Waals surface area contributed by atoms with Gasteiger partial charge in [-0.05, 0) is 47.6 Å². The summed E-state index contributed by atoms with van der Waals surface area (Å²) in [6, 6.07) is 2.94. The van der Waals surface area contributed by atoms with Crippen LogP contribution in [0.25, 0.3) is 0 Å². The van der Waals surface area contributed by atoms with Crippen molar-refractivity contribution in [3.8, 4) is 6.07 Å². The van der Waals surface area contributed by atoms with Crippen LogP contribution in [0.1, 0.15) is 57.5 Å². The van der Waals surface area contributed by atoms with Crippen molar-refractivity contribution in [2.24, 2.45) is 0 Å². The molecule has 0 atom stereocenters. The van der Waals surface area contributed by atoms with Crippen LogP contribution < -0.4 is 5.06 Å². The maximum atomic E-state index is 12.4. The molecule has 0 aliphatic rings. The molecule has 1 aromatic heterocycles. The number of aromatic carboxylic acids is 1. The van der Waals surface area contributed by atoms with Gasteiger partial charge in [-0.15, -0.1) is 5.06 Å². The SMILES string of the molecule is CC(C)(C)OC(=O)N(OC(C)(C)C)c1ncc(C(=O)O)cc1C#N.[NaH]. The molecule has 1 N–H and O–H groups in total. The molecule has 0 saturated carbocycles. The molecule has 9 heteroatoms. The van der Waals surface area contributed by atoms with Crippen molar-refractivity contribution in [2.75, 3.05) is 5.06 Å². The molecule has 1 heterocycles.